The predicted molar refractivity (Wildman–Crippen MR) is 70.4 cm³/mol. The van der Waals surface area contributed by atoms with Gasteiger partial charge in [0.2, 0.25) is 5.91 Å². The first-order valence-electron chi connectivity index (χ1n) is 5.97. The van der Waals surface area contributed by atoms with Crippen LogP contribution in [0.3, 0.4) is 0 Å². The zero-order chi connectivity index (χ0) is 13.8. The van der Waals surface area contributed by atoms with Gasteiger partial charge in [-0.15, -0.1) is 0 Å². The highest BCUT2D eigenvalue weighted by Gasteiger charge is 2.27. The summed E-state index contributed by atoms with van der Waals surface area (Å²) in [6.45, 7) is 1.34. The number of nitrogens with two attached hydrogens (primary N) is 1. The maximum atomic E-state index is 11.1. The average molecular weight is 261 g/mol. The van der Waals surface area contributed by atoms with Crippen molar-refractivity contribution in [1.82, 2.24) is 4.98 Å². The van der Waals surface area contributed by atoms with E-state index in [1.54, 1.807) is 12.3 Å². The molecule has 1 fully saturated rings. The molecule has 0 radical (unpaired) electrons. The van der Waals surface area contributed by atoms with Crippen LogP contribution in [0.4, 0.5) is 5.82 Å². The lowest BCUT2D eigenvalue weighted by Gasteiger charge is -2.16. The number of aliphatic carboxylic acids is 1. The van der Waals surface area contributed by atoms with Crippen LogP contribution in [-0.4, -0.2) is 35.1 Å². The molecule has 1 unspecified atom stereocenters. The summed E-state index contributed by atoms with van der Waals surface area (Å²) in [7, 11) is 0. The van der Waals surface area contributed by atoms with Crippen molar-refractivity contribution in [2.24, 2.45) is 11.7 Å². The summed E-state index contributed by atoms with van der Waals surface area (Å²) in [6.07, 6.45) is 4.90. The van der Waals surface area contributed by atoms with Gasteiger partial charge in [-0.3, -0.25) is 4.79 Å². The van der Waals surface area contributed by atoms with Crippen molar-refractivity contribution in [3.05, 3.63) is 30.0 Å². The molecule has 0 aliphatic carbocycles. The number of pyridine rings is 1. The highest BCUT2D eigenvalue weighted by atomic mass is 16.4. The Balaban J connectivity index is 2.03. The van der Waals surface area contributed by atoms with Crippen LogP contribution in [-0.2, 0) is 9.59 Å². The van der Waals surface area contributed by atoms with Crippen LogP contribution in [0.5, 0.6) is 0 Å². The standard InChI is InChI=1S/C13H15N3O3/c14-13(19)10-5-6-16(8-10)11-3-1-9(7-15-11)2-4-12(17)18/h1-4,7,10H,5-6,8H2,(H2,14,19)(H,17,18)/b4-2+. The van der Waals surface area contributed by atoms with E-state index in [0.717, 1.165) is 30.4 Å². The van der Waals surface area contributed by atoms with Gasteiger partial charge < -0.3 is 15.7 Å². The Hall–Kier alpha value is -2.37. The fourth-order valence-corrected chi connectivity index (χ4v) is 2.05. The van der Waals surface area contributed by atoms with Gasteiger partial charge in [-0.2, -0.15) is 0 Å². The Morgan fingerprint density at radius 3 is 2.79 bits per heavy atom. The molecule has 2 rings (SSSR count). The highest BCUT2D eigenvalue weighted by molar-refractivity contribution is 5.85. The first-order chi connectivity index (χ1) is 9.06. The van der Waals surface area contributed by atoms with E-state index in [0.29, 0.717) is 6.54 Å². The summed E-state index contributed by atoms with van der Waals surface area (Å²) in [6, 6.07) is 3.60. The van der Waals surface area contributed by atoms with Crippen molar-refractivity contribution in [1.29, 1.82) is 0 Å². The van der Waals surface area contributed by atoms with E-state index in [2.05, 4.69) is 4.98 Å². The van der Waals surface area contributed by atoms with Gasteiger partial charge in [0.15, 0.2) is 0 Å². The van der Waals surface area contributed by atoms with E-state index in [9.17, 15) is 9.59 Å². The molecule has 100 valence electrons. The number of carbonyl (C=O) groups excluding carboxylic acids is 1. The number of amides is 1. The van der Waals surface area contributed by atoms with Crippen LogP contribution < -0.4 is 10.6 Å². The monoisotopic (exact) mass is 261 g/mol. The summed E-state index contributed by atoms with van der Waals surface area (Å²) in [5, 5.41) is 8.52. The quantitative estimate of drug-likeness (QED) is 0.769. The Morgan fingerprint density at radius 1 is 1.47 bits per heavy atom. The number of hydrogen-bond acceptors (Lipinski definition) is 4. The summed E-state index contributed by atoms with van der Waals surface area (Å²) in [5.74, 6) is -0.610. The molecule has 19 heavy (non-hydrogen) atoms. The minimum absolute atomic E-state index is 0.117. The second-order valence-corrected chi connectivity index (χ2v) is 4.46. The number of carboxylic acids is 1. The van der Waals surface area contributed by atoms with Gasteiger partial charge in [0.1, 0.15) is 5.82 Å². The number of hydrogen-bond donors (Lipinski definition) is 2. The van der Waals surface area contributed by atoms with Crippen molar-refractivity contribution < 1.29 is 14.7 Å². The number of aromatic nitrogens is 1. The molecule has 1 aromatic heterocycles. The van der Waals surface area contributed by atoms with Gasteiger partial charge in [0.25, 0.3) is 0 Å². The number of anilines is 1. The Morgan fingerprint density at radius 2 is 2.26 bits per heavy atom. The Labute approximate surface area is 110 Å². The van der Waals surface area contributed by atoms with Gasteiger partial charge in [-0.25, -0.2) is 9.78 Å². The second-order valence-electron chi connectivity index (χ2n) is 4.46. The smallest absolute Gasteiger partial charge is 0.328 e. The summed E-state index contributed by atoms with van der Waals surface area (Å²) < 4.78 is 0. The summed E-state index contributed by atoms with van der Waals surface area (Å²) in [4.78, 5) is 27.7. The van der Waals surface area contributed by atoms with Crippen molar-refractivity contribution in [2.45, 2.75) is 6.42 Å². The molecule has 1 saturated heterocycles. The van der Waals surface area contributed by atoms with Crippen molar-refractivity contribution in [3.63, 3.8) is 0 Å². The number of rotatable bonds is 4. The maximum Gasteiger partial charge on any atom is 0.328 e. The fourth-order valence-electron chi connectivity index (χ4n) is 2.05. The van der Waals surface area contributed by atoms with Crippen LogP contribution in [0.25, 0.3) is 6.08 Å². The van der Waals surface area contributed by atoms with Crippen LogP contribution in [0.2, 0.25) is 0 Å². The van der Waals surface area contributed by atoms with Gasteiger partial charge in [-0.1, -0.05) is 0 Å². The molecule has 2 heterocycles. The molecule has 3 N–H and O–H groups in total. The largest absolute Gasteiger partial charge is 0.478 e. The minimum Gasteiger partial charge on any atom is -0.478 e. The molecule has 0 bridgehead atoms. The van der Waals surface area contributed by atoms with Crippen molar-refractivity contribution in [3.8, 4) is 0 Å². The lowest BCUT2D eigenvalue weighted by atomic mass is 10.1. The van der Waals surface area contributed by atoms with Crippen molar-refractivity contribution >= 4 is 23.8 Å². The van der Waals surface area contributed by atoms with E-state index >= 15 is 0 Å². The predicted octanol–water partition coefficient (Wildman–Crippen LogP) is 0.491. The van der Waals surface area contributed by atoms with E-state index in [1.165, 1.54) is 6.08 Å². The number of primary amides is 1. The molecule has 0 saturated carbocycles. The zero-order valence-electron chi connectivity index (χ0n) is 10.3. The normalized spacial score (nSPS) is 18.9. The van der Waals surface area contributed by atoms with Crippen LogP contribution in [0.1, 0.15) is 12.0 Å². The van der Waals surface area contributed by atoms with E-state index in [1.807, 2.05) is 11.0 Å². The SMILES string of the molecule is NC(=O)C1CCN(c2ccc(/C=C/C(=O)O)cn2)C1. The number of carbonyl (C=O) groups is 2. The fraction of sp³-hybridized carbons (Fsp3) is 0.308. The second kappa shape index (κ2) is 5.51. The first kappa shape index (κ1) is 13.1. The summed E-state index contributed by atoms with van der Waals surface area (Å²) >= 11 is 0. The molecule has 0 aromatic carbocycles. The highest BCUT2D eigenvalue weighted by Crippen LogP contribution is 2.22. The lowest BCUT2D eigenvalue weighted by Crippen LogP contribution is -2.27. The third kappa shape index (κ3) is 3.31. The Kier molecular flexibility index (Phi) is 3.79. The molecule has 1 aliphatic heterocycles. The third-order valence-electron chi connectivity index (χ3n) is 3.10. The van der Waals surface area contributed by atoms with E-state index in [-0.39, 0.29) is 11.8 Å². The van der Waals surface area contributed by atoms with Crippen LogP contribution in [0, 0.1) is 5.92 Å². The van der Waals surface area contributed by atoms with Crippen LogP contribution in [0.15, 0.2) is 24.4 Å². The number of carboxylic acid groups (broad SMARTS) is 1. The molecule has 6 nitrogen and oxygen atoms in total. The zero-order valence-corrected chi connectivity index (χ0v) is 10.3. The molecular weight excluding hydrogens is 246 g/mol. The molecule has 6 heteroatoms. The first-order valence-corrected chi connectivity index (χ1v) is 5.97. The van der Waals surface area contributed by atoms with Gasteiger partial charge in [0.05, 0.1) is 5.92 Å². The molecule has 1 aliphatic rings. The van der Waals surface area contributed by atoms with E-state index < -0.39 is 5.97 Å². The lowest BCUT2D eigenvalue weighted by molar-refractivity contribution is -0.131. The third-order valence-corrected chi connectivity index (χ3v) is 3.10. The molecule has 0 spiro atoms. The summed E-state index contributed by atoms with van der Waals surface area (Å²) in [5.41, 5.74) is 6.00. The average Bonchev–Trinajstić information content (AvgIpc) is 2.86. The molecular formula is C13H15N3O3. The number of nitrogens with zero attached hydrogens (tertiary/aromatic N) is 2. The van der Waals surface area contributed by atoms with Gasteiger partial charge >= 0.3 is 5.97 Å². The van der Waals surface area contributed by atoms with Crippen LogP contribution >= 0.6 is 0 Å². The molecule has 1 amide bonds. The Bertz CT molecular complexity index is 510. The topological polar surface area (TPSA) is 96.5 Å². The van der Waals surface area contributed by atoms with Gasteiger partial charge in [0, 0.05) is 25.4 Å². The molecule has 1 aromatic rings. The van der Waals surface area contributed by atoms with E-state index in [4.69, 9.17) is 10.8 Å². The maximum absolute atomic E-state index is 11.1. The van der Waals surface area contributed by atoms with Gasteiger partial charge in [-0.05, 0) is 30.2 Å². The molecule has 1 atom stereocenters. The minimum atomic E-state index is -0.993. The van der Waals surface area contributed by atoms with Crippen molar-refractivity contribution in [2.75, 3.05) is 18.0 Å².